The third kappa shape index (κ3) is 5.80. The Hall–Kier alpha value is -1.03. The largest absolute Gasteiger partial charge is 0.372 e. The topological polar surface area (TPSA) is 91.3 Å². The van der Waals surface area contributed by atoms with Crippen molar-refractivity contribution in [1.82, 2.24) is 0 Å². The Morgan fingerprint density at radius 1 is 1.17 bits per heavy atom. The van der Waals surface area contributed by atoms with E-state index < -0.39 is 34.7 Å². The molecule has 1 aliphatic heterocycles. The van der Waals surface area contributed by atoms with Crippen LogP contribution in [0.2, 0.25) is 0 Å². The van der Waals surface area contributed by atoms with E-state index in [0.717, 1.165) is 18.2 Å². The van der Waals surface area contributed by atoms with Gasteiger partial charge in [0.25, 0.3) is 10.1 Å². The summed E-state index contributed by atoms with van der Waals surface area (Å²) in [5.41, 5.74) is 0.953. The summed E-state index contributed by atoms with van der Waals surface area (Å²) in [7, 11) is -3.60. The summed E-state index contributed by atoms with van der Waals surface area (Å²) in [6.07, 6.45) is -1.51. The van der Waals surface area contributed by atoms with Crippen LogP contribution in [0.1, 0.15) is 18.9 Å². The molecule has 0 saturated carbocycles. The molecule has 1 aliphatic rings. The zero-order valence-corrected chi connectivity index (χ0v) is 14.6. The van der Waals surface area contributed by atoms with E-state index in [9.17, 15) is 13.5 Å². The quantitative estimate of drug-likeness (QED) is 0.658. The van der Waals surface area contributed by atoms with Crippen LogP contribution >= 0.6 is 0 Å². The lowest BCUT2D eigenvalue weighted by atomic mass is 10.1. The highest BCUT2D eigenvalue weighted by molar-refractivity contribution is 7.85. The Morgan fingerprint density at radius 2 is 1.88 bits per heavy atom. The molecule has 0 aliphatic carbocycles. The molecule has 4 atom stereocenters. The predicted octanol–water partition coefficient (Wildman–Crippen LogP) is 1.06. The number of aliphatic hydroxyl groups is 1. The maximum Gasteiger partial charge on any atom is 0.264 e. The molecular weight excluding hydrogens is 336 g/mol. The summed E-state index contributed by atoms with van der Waals surface area (Å²) in [5, 5.41) is 10.1. The van der Waals surface area contributed by atoms with Gasteiger partial charge in [-0.3, -0.25) is 4.18 Å². The minimum absolute atomic E-state index is 0.227. The Labute approximate surface area is 142 Å². The highest BCUT2D eigenvalue weighted by Gasteiger charge is 2.46. The van der Waals surface area contributed by atoms with E-state index >= 15 is 0 Å². The van der Waals surface area contributed by atoms with Crippen LogP contribution in [0.4, 0.5) is 0 Å². The number of ether oxygens (including phenoxy) is 3. The summed E-state index contributed by atoms with van der Waals surface area (Å²) >= 11 is 0. The Kier molecular flexibility index (Phi) is 7.15. The van der Waals surface area contributed by atoms with E-state index in [2.05, 4.69) is 0 Å². The van der Waals surface area contributed by atoms with Gasteiger partial charge < -0.3 is 19.3 Å². The average molecular weight is 360 g/mol. The van der Waals surface area contributed by atoms with Gasteiger partial charge in [0.1, 0.15) is 18.3 Å². The predicted molar refractivity (Wildman–Crippen MR) is 86.7 cm³/mol. The maximum atomic E-state index is 11.2. The molecule has 7 nitrogen and oxygen atoms in total. The summed E-state index contributed by atoms with van der Waals surface area (Å²) in [4.78, 5) is 0. The van der Waals surface area contributed by atoms with Crippen molar-refractivity contribution < 1.29 is 31.9 Å². The second-order valence-electron chi connectivity index (χ2n) is 5.65. The lowest BCUT2D eigenvalue weighted by Gasteiger charge is -2.23. The van der Waals surface area contributed by atoms with Crippen LogP contribution in [0.15, 0.2) is 30.3 Å². The first-order valence-electron chi connectivity index (χ1n) is 7.85. The molecule has 0 spiro atoms. The van der Waals surface area contributed by atoms with Gasteiger partial charge in [0, 0.05) is 6.61 Å². The van der Waals surface area contributed by atoms with E-state index in [1.807, 2.05) is 37.3 Å². The molecule has 1 aromatic carbocycles. The fraction of sp³-hybridized carbons (Fsp3) is 0.625. The first-order chi connectivity index (χ1) is 11.4. The molecule has 0 radical (unpaired) electrons. The maximum absolute atomic E-state index is 11.2. The van der Waals surface area contributed by atoms with Crippen LogP contribution in [0, 0.1) is 0 Å². The zero-order chi connectivity index (χ0) is 17.6. The molecule has 1 saturated heterocycles. The monoisotopic (exact) mass is 360 g/mol. The van der Waals surface area contributed by atoms with Crippen molar-refractivity contribution in [2.75, 3.05) is 19.5 Å². The normalized spacial score (nSPS) is 27.5. The summed E-state index contributed by atoms with van der Waals surface area (Å²) in [6.45, 7) is 2.46. The van der Waals surface area contributed by atoms with Gasteiger partial charge in [0.15, 0.2) is 6.29 Å². The van der Waals surface area contributed by atoms with Crippen molar-refractivity contribution in [1.29, 1.82) is 0 Å². The molecule has 136 valence electrons. The Bertz CT molecular complexity index is 590. The molecule has 1 aromatic rings. The standard InChI is InChI=1S/C16H24O7S/c1-3-9-20-14-13(11-22-24(2,18)19)23-16(17)15(14)21-10-12-7-5-4-6-8-12/h4-8,13-17H,3,9-11H2,1-2H3/t13-,14+,15-,16?/m1/s1. The van der Waals surface area contributed by atoms with Gasteiger partial charge >= 0.3 is 0 Å². The Balaban J connectivity index is 2.00. The van der Waals surface area contributed by atoms with Crippen LogP contribution in [-0.4, -0.2) is 57.6 Å². The molecular formula is C16H24O7S. The SMILES string of the molecule is CCCO[C@H]1[C@@H](COS(C)(=O)=O)OC(O)[C@@H]1OCc1ccccc1. The summed E-state index contributed by atoms with van der Waals surface area (Å²) in [6, 6.07) is 9.52. The summed E-state index contributed by atoms with van der Waals surface area (Å²) < 4.78 is 44.0. The first-order valence-corrected chi connectivity index (χ1v) is 9.67. The molecule has 2 rings (SSSR count). The summed E-state index contributed by atoms with van der Waals surface area (Å²) in [5.74, 6) is 0. The number of aliphatic hydroxyl groups excluding tert-OH is 1. The van der Waals surface area contributed by atoms with E-state index in [4.69, 9.17) is 18.4 Å². The van der Waals surface area contributed by atoms with Gasteiger partial charge in [0.2, 0.25) is 0 Å². The van der Waals surface area contributed by atoms with Gasteiger partial charge in [0.05, 0.1) is 19.5 Å². The van der Waals surface area contributed by atoms with Crippen molar-refractivity contribution in [2.24, 2.45) is 0 Å². The van der Waals surface area contributed by atoms with Crippen LogP contribution < -0.4 is 0 Å². The molecule has 8 heteroatoms. The fourth-order valence-electron chi connectivity index (χ4n) is 2.43. The van der Waals surface area contributed by atoms with Crippen molar-refractivity contribution in [3.8, 4) is 0 Å². The third-order valence-corrected chi connectivity index (χ3v) is 4.10. The molecule has 1 N–H and O–H groups in total. The number of hydrogen-bond acceptors (Lipinski definition) is 7. The van der Waals surface area contributed by atoms with E-state index in [0.29, 0.717) is 6.61 Å². The van der Waals surface area contributed by atoms with Crippen molar-refractivity contribution >= 4 is 10.1 Å². The fourth-order valence-corrected chi connectivity index (χ4v) is 2.81. The molecule has 0 bridgehead atoms. The first kappa shape index (κ1) is 19.3. The number of hydrogen-bond donors (Lipinski definition) is 1. The highest BCUT2D eigenvalue weighted by Crippen LogP contribution is 2.27. The van der Waals surface area contributed by atoms with Gasteiger partial charge in [-0.25, -0.2) is 0 Å². The molecule has 0 amide bonds. The van der Waals surface area contributed by atoms with Crippen LogP contribution in [0.25, 0.3) is 0 Å². The van der Waals surface area contributed by atoms with Crippen molar-refractivity contribution in [3.05, 3.63) is 35.9 Å². The van der Waals surface area contributed by atoms with Gasteiger partial charge in [-0.1, -0.05) is 37.3 Å². The average Bonchev–Trinajstić information content (AvgIpc) is 2.84. The lowest BCUT2D eigenvalue weighted by Crippen LogP contribution is -2.39. The molecule has 1 heterocycles. The zero-order valence-electron chi connectivity index (χ0n) is 13.8. The van der Waals surface area contributed by atoms with Crippen LogP contribution in [-0.2, 0) is 35.1 Å². The van der Waals surface area contributed by atoms with Crippen LogP contribution in [0.3, 0.4) is 0 Å². The van der Waals surface area contributed by atoms with Crippen molar-refractivity contribution in [2.45, 2.75) is 44.6 Å². The second-order valence-corrected chi connectivity index (χ2v) is 7.29. The van der Waals surface area contributed by atoms with Gasteiger partial charge in [-0.2, -0.15) is 8.42 Å². The van der Waals surface area contributed by atoms with Gasteiger partial charge in [-0.15, -0.1) is 0 Å². The highest BCUT2D eigenvalue weighted by atomic mass is 32.2. The van der Waals surface area contributed by atoms with E-state index in [1.54, 1.807) is 0 Å². The molecule has 1 unspecified atom stereocenters. The number of rotatable bonds is 9. The van der Waals surface area contributed by atoms with Crippen molar-refractivity contribution in [3.63, 3.8) is 0 Å². The lowest BCUT2D eigenvalue weighted by molar-refractivity contribution is -0.150. The van der Waals surface area contributed by atoms with Gasteiger partial charge in [-0.05, 0) is 12.0 Å². The third-order valence-electron chi connectivity index (χ3n) is 3.53. The second kappa shape index (κ2) is 8.89. The molecule has 0 aromatic heterocycles. The van der Waals surface area contributed by atoms with E-state index in [1.165, 1.54) is 0 Å². The minimum atomic E-state index is -3.60. The van der Waals surface area contributed by atoms with E-state index in [-0.39, 0.29) is 13.2 Å². The van der Waals surface area contributed by atoms with Crippen LogP contribution in [0.5, 0.6) is 0 Å². The minimum Gasteiger partial charge on any atom is -0.372 e. The molecule has 1 fully saturated rings. The number of benzene rings is 1. The smallest absolute Gasteiger partial charge is 0.264 e. The molecule has 24 heavy (non-hydrogen) atoms. The Morgan fingerprint density at radius 3 is 2.50 bits per heavy atom.